The van der Waals surface area contributed by atoms with Crippen molar-refractivity contribution in [3.8, 4) is 0 Å². The van der Waals surface area contributed by atoms with E-state index in [1.54, 1.807) is 17.9 Å². The maximum Gasteiger partial charge on any atom is 0.254 e. The second-order valence-corrected chi connectivity index (χ2v) is 7.13. The lowest BCUT2D eigenvalue weighted by molar-refractivity contribution is -0.135. The highest BCUT2D eigenvalue weighted by Gasteiger charge is 2.32. The number of halogens is 1. The summed E-state index contributed by atoms with van der Waals surface area (Å²) >= 11 is 0. The Morgan fingerprint density at radius 1 is 1.00 bits per heavy atom. The van der Waals surface area contributed by atoms with E-state index in [4.69, 9.17) is 0 Å². The predicted octanol–water partition coefficient (Wildman–Crippen LogP) is 1.90. The van der Waals surface area contributed by atoms with E-state index in [0.29, 0.717) is 31.7 Å². The van der Waals surface area contributed by atoms with E-state index in [-0.39, 0.29) is 23.7 Å². The molecule has 0 radical (unpaired) electrons. The zero-order valence-corrected chi connectivity index (χ0v) is 15.0. The summed E-state index contributed by atoms with van der Waals surface area (Å²) in [5.74, 6) is -0.370. The predicted molar refractivity (Wildman–Crippen MR) is 93.9 cm³/mol. The third-order valence-corrected chi connectivity index (χ3v) is 5.19. The van der Waals surface area contributed by atoms with Crippen molar-refractivity contribution in [2.24, 2.45) is 0 Å². The van der Waals surface area contributed by atoms with Crippen LogP contribution < -0.4 is 0 Å². The van der Waals surface area contributed by atoms with Crippen LogP contribution in [0.2, 0.25) is 0 Å². The van der Waals surface area contributed by atoms with Crippen molar-refractivity contribution >= 4 is 11.8 Å². The van der Waals surface area contributed by atoms with E-state index >= 15 is 0 Å². The highest BCUT2D eigenvalue weighted by molar-refractivity contribution is 5.94. The van der Waals surface area contributed by atoms with Gasteiger partial charge >= 0.3 is 0 Å². The molecule has 5 nitrogen and oxygen atoms in total. The minimum atomic E-state index is -0.390. The average Bonchev–Trinajstić information content (AvgIpc) is 2.85. The van der Waals surface area contributed by atoms with E-state index in [1.165, 1.54) is 12.1 Å². The van der Waals surface area contributed by atoms with E-state index in [9.17, 15) is 14.0 Å². The van der Waals surface area contributed by atoms with Crippen molar-refractivity contribution in [1.29, 1.82) is 0 Å². The molecule has 136 valence electrons. The Bertz CT molecular complexity index is 644. The molecule has 2 fully saturated rings. The van der Waals surface area contributed by atoms with Crippen LogP contribution >= 0.6 is 0 Å². The molecule has 0 aliphatic carbocycles. The third kappa shape index (κ3) is 4.00. The van der Waals surface area contributed by atoms with Crippen molar-refractivity contribution in [3.05, 3.63) is 35.1 Å². The zero-order valence-electron chi connectivity index (χ0n) is 15.0. The van der Waals surface area contributed by atoms with Gasteiger partial charge in [0.25, 0.3) is 5.91 Å². The quantitative estimate of drug-likeness (QED) is 0.821. The van der Waals surface area contributed by atoms with Gasteiger partial charge in [0, 0.05) is 31.7 Å². The number of likely N-dealkylation sites (tertiary alicyclic amines) is 1. The molecule has 0 bridgehead atoms. The van der Waals surface area contributed by atoms with Crippen LogP contribution in [0.3, 0.4) is 0 Å². The fraction of sp³-hybridized carbons (Fsp3) is 0.579. The number of rotatable bonds is 2. The summed E-state index contributed by atoms with van der Waals surface area (Å²) in [6.45, 7) is 5.06. The molecular formula is C19H26FN3O2. The molecule has 2 heterocycles. The van der Waals surface area contributed by atoms with Crippen molar-refractivity contribution in [2.45, 2.75) is 32.2 Å². The van der Waals surface area contributed by atoms with Crippen molar-refractivity contribution in [3.63, 3.8) is 0 Å². The van der Waals surface area contributed by atoms with Crippen LogP contribution in [0.1, 0.15) is 35.2 Å². The number of nitrogens with zero attached hydrogens (tertiary/aromatic N) is 3. The number of hydrogen-bond donors (Lipinski definition) is 0. The molecule has 2 amide bonds. The van der Waals surface area contributed by atoms with E-state index in [1.807, 2.05) is 11.9 Å². The summed E-state index contributed by atoms with van der Waals surface area (Å²) in [6, 6.07) is 4.40. The van der Waals surface area contributed by atoms with Gasteiger partial charge in [0.1, 0.15) is 5.82 Å². The van der Waals surface area contributed by atoms with Gasteiger partial charge in [0.05, 0.1) is 6.04 Å². The van der Waals surface area contributed by atoms with Crippen molar-refractivity contribution in [1.82, 2.24) is 14.7 Å². The Kier molecular flexibility index (Phi) is 5.37. The molecule has 0 aromatic heterocycles. The van der Waals surface area contributed by atoms with Crippen LogP contribution in [-0.4, -0.2) is 72.3 Å². The lowest BCUT2D eigenvalue weighted by Crippen LogP contribution is -2.46. The van der Waals surface area contributed by atoms with E-state index in [0.717, 1.165) is 31.4 Å². The molecule has 0 N–H and O–H groups in total. The fourth-order valence-corrected chi connectivity index (χ4v) is 3.82. The largest absolute Gasteiger partial charge is 0.339 e. The highest BCUT2D eigenvalue weighted by atomic mass is 19.1. The number of aryl methyl sites for hydroxylation is 1. The first kappa shape index (κ1) is 17.9. The maximum absolute atomic E-state index is 13.6. The number of likely N-dealkylation sites (N-methyl/N-ethyl adjacent to an activating group) is 1. The molecule has 6 heteroatoms. The molecule has 1 atom stereocenters. The molecule has 3 rings (SSSR count). The summed E-state index contributed by atoms with van der Waals surface area (Å²) in [6.07, 6.45) is 2.73. The molecule has 1 aromatic carbocycles. The van der Waals surface area contributed by atoms with Gasteiger partial charge in [-0.15, -0.1) is 0 Å². The zero-order chi connectivity index (χ0) is 18.0. The number of carbonyl (C=O) groups excluding carboxylic acids is 2. The van der Waals surface area contributed by atoms with Crippen LogP contribution in [0.15, 0.2) is 18.2 Å². The summed E-state index contributed by atoms with van der Waals surface area (Å²) in [5.41, 5.74) is 1.12. The van der Waals surface area contributed by atoms with Crippen LogP contribution in [0.25, 0.3) is 0 Å². The first-order valence-corrected chi connectivity index (χ1v) is 9.01. The maximum atomic E-state index is 13.6. The van der Waals surface area contributed by atoms with Gasteiger partial charge in [-0.25, -0.2) is 4.39 Å². The Balaban J connectivity index is 1.65. The normalized spacial score (nSPS) is 22.1. The summed E-state index contributed by atoms with van der Waals surface area (Å²) in [5, 5.41) is 0. The monoisotopic (exact) mass is 347 g/mol. The lowest BCUT2D eigenvalue weighted by Gasteiger charge is -2.27. The Morgan fingerprint density at radius 3 is 2.40 bits per heavy atom. The molecule has 25 heavy (non-hydrogen) atoms. The minimum absolute atomic E-state index is 0.0203. The second kappa shape index (κ2) is 7.52. The average molecular weight is 347 g/mol. The molecule has 2 aliphatic rings. The summed E-state index contributed by atoms with van der Waals surface area (Å²) in [4.78, 5) is 31.2. The summed E-state index contributed by atoms with van der Waals surface area (Å²) in [7, 11) is 2.00. The van der Waals surface area contributed by atoms with Gasteiger partial charge in [-0.3, -0.25) is 14.5 Å². The SMILES string of the molecule is Cc1cc(F)cc(C(=O)N2CCCN(C(=O)[C@@H]3CCCN3C)CC2)c1. The Hall–Kier alpha value is -1.95. The molecule has 0 saturated carbocycles. The van der Waals surface area contributed by atoms with Gasteiger partial charge in [0.2, 0.25) is 5.91 Å². The number of carbonyl (C=O) groups is 2. The number of benzene rings is 1. The smallest absolute Gasteiger partial charge is 0.254 e. The van der Waals surface area contributed by atoms with E-state index in [2.05, 4.69) is 4.90 Å². The van der Waals surface area contributed by atoms with Crippen LogP contribution in [-0.2, 0) is 4.79 Å². The molecular weight excluding hydrogens is 321 g/mol. The van der Waals surface area contributed by atoms with Crippen LogP contribution in [0.5, 0.6) is 0 Å². The fourth-order valence-electron chi connectivity index (χ4n) is 3.82. The minimum Gasteiger partial charge on any atom is -0.339 e. The third-order valence-electron chi connectivity index (χ3n) is 5.19. The van der Waals surface area contributed by atoms with Crippen LogP contribution in [0, 0.1) is 12.7 Å². The van der Waals surface area contributed by atoms with Gasteiger partial charge in [-0.05, 0) is 63.5 Å². The molecule has 0 unspecified atom stereocenters. The Morgan fingerprint density at radius 2 is 1.72 bits per heavy atom. The summed E-state index contributed by atoms with van der Waals surface area (Å²) < 4.78 is 13.6. The standard InChI is InChI=1S/C19H26FN3O2/c1-14-11-15(13-16(20)12-14)18(24)22-7-4-8-23(10-9-22)19(25)17-5-3-6-21(17)2/h11-13,17H,3-10H2,1-2H3/t17-/m0/s1. The number of hydrogen-bond acceptors (Lipinski definition) is 3. The number of amides is 2. The molecule has 2 aliphatic heterocycles. The second-order valence-electron chi connectivity index (χ2n) is 7.13. The van der Waals surface area contributed by atoms with Crippen molar-refractivity contribution < 1.29 is 14.0 Å². The van der Waals surface area contributed by atoms with E-state index < -0.39 is 0 Å². The molecule has 2 saturated heterocycles. The van der Waals surface area contributed by atoms with Crippen LogP contribution in [0.4, 0.5) is 4.39 Å². The first-order valence-electron chi connectivity index (χ1n) is 9.01. The van der Waals surface area contributed by atoms with Gasteiger partial charge in [0.15, 0.2) is 0 Å². The Labute approximate surface area is 148 Å². The van der Waals surface area contributed by atoms with Crippen molar-refractivity contribution in [2.75, 3.05) is 39.8 Å². The van der Waals surface area contributed by atoms with Gasteiger partial charge in [-0.2, -0.15) is 0 Å². The van der Waals surface area contributed by atoms with Gasteiger partial charge < -0.3 is 9.80 Å². The van der Waals surface area contributed by atoms with Gasteiger partial charge in [-0.1, -0.05) is 0 Å². The molecule has 1 aromatic rings. The highest BCUT2D eigenvalue weighted by Crippen LogP contribution is 2.19. The first-order chi connectivity index (χ1) is 12.0. The lowest BCUT2D eigenvalue weighted by atomic mass is 10.1. The molecule has 0 spiro atoms. The topological polar surface area (TPSA) is 43.9 Å².